The maximum atomic E-state index is 6.14. The molecular weight excluding hydrogens is 382 g/mol. The molecule has 0 fully saturated rings. The van der Waals surface area contributed by atoms with Crippen molar-refractivity contribution in [3.63, 3.8) is 0 Å². The normalized spacial score (nSPS) is 11.8. The minimum atomic E-state index is 0.391. The maximum Gasteiger partial charge on any atom is 0.166 e. The molecule has 4 heteroatoms. The minimum absolute atomic E-state index is 0.391. The van der Waals surface area contributed by atoms with E-state index in [0.29, 0.717) is 17.7 Å². The van der Waals surface area contributed by atoms with Gasteiger partial charge in [-0.2, -0.15) is 0 Å². The predicted octanol–water partition coefficient (Wildman–Crippen LogP) is 6.04. The zero-order valence-electron chi connectivity index (χ0n) is 17.0. The van der Waals surface area contributed by atoms with Crippen molar-refractivity contribution in [3.05, 3.63) is 94.5 Å². The third-order valence-electron chi connectivity index (χ3n) is 4.90. The molecule has 0 saturated carbocycles. The Morgan fingerprint density at radius 1 is 0.931 bits per heavy atom. The van der Waals surface area contributed by atoms with E-state index in [-0.39, 0.29) is 0 Å². The highest BCUT2D eigenvalue weighted by atomic mass is 35.5. The molecule has 0 heterocycles. The summed E-state index contributed by atoms with van der Waals surface area (Å²) in [6, 6.07) is 24.7. The highest BCUT2D eigenvalue weighted by molar-refractivity contribution is 6.30. The van der Waals surface area contributed by atoms with Crippen LogP contribution < -0.4 is 14.8 Å². The third kappa shape index (κ3) is 6.52. The van der Waals surface area contributed by atoms with E-state index in [1.807, 2.05) is 36.4 Å². The molecule has 0 bridgehead atoms. The fourth-order valence-corrected chi connectivity index (χ4v) is 3.43. The molecule has 0 amide bonds. The van der Waals surface area contributed by atoms with Crippen LogP contribution in [0.3, 0.4) is 0 Å². The van der Waals surface area contributed by atoms with Crippen LogP contribution in [0.5, 0.6) is 11.5 Å². The van der Waals surface area contributed by atoms with E-state index in [2.05, 4.69) is 48.6 Å². The van der Waals surface area contributed by atoms with E-state index in [1.165, 1.54) is 5.56 Å². The molecule has 0 radical (unpaired) electrons. The van der Waals surface area contributed by atoms with Gasteiger partial charge in [0.1, 0.15) is 6.61 Å². The van der Waals surface area contributed by atoms with Gasteiger partial charge in [0.2, 0.25) is 0 Å². The molecule has 3 aromatic rings. The van der Waals surface area contributed by atoms with Gasteiger partial charge >= 0.3 is 0 Å². The lowest BCUT2D eigenvalue weighted by Gasteiger charge is -2.18. The average Bonchev–Trinajstić information content (AvgIpc) is 2.75. The summed E-state index contributed by atoms with van der Waals surface area (Å²) >= 11 is 6.08. The molecule has 0 aliphatic rings. The van der Waals surface area contributed by atoms with E-state index < -0.39 is 0 Å². The number of nitrogens with one attached hydrogen (secondary N) is 1. The lowest BCUT2D eigenvalue weighted by molar-refractivity contribution is 0.280. The molecule has 0 spiro atoms. The van der Waals surface area contributed by atoms with Crippen LogP contribution in [0.2, 0.25) is 5.02 Å². The highest BCUT2D eigenvalue weighted by Crippen LogP contribution is 2.32. The van der Waals surface area contributed by atoms with Gasteiger partial charge in [-0.15, -0.1) is 0 Å². The summed E-state index contributed by atoms with van der Waals surface area (Å²) < 4.78 is 11.7. The monoisotopic (exact) mass is 409 g/mol. The smallest absolute Gasteiger partial charge is 0.166 e. The first-order chi connectivity index (χ1) is 14.2. The van der Waals surface area contributed by atoms with E-state index >= 15 is 0 Å². The van der Waals surface area contributed by atoms with Crippen molar-refractivity contribution in [1.29, 1.82) is 0 Å². The summed E-state index contributed by atoms with van der Waals surface area (Å²) in [5, 5.41) is 4.32. The molecule has 0 aliphatic heterocycles. The van der Waals surface area contributed by atoms with Crippen LogP contribution in [0.15, 0.2) is 72.8 Å². The quantitative estimate of drug-likeness (QED) is 0.443. The van der Waals surface area contributed by atoms with Crippen LogP contribution in [0.1, 0.15) is 30.0 Å². The first kappa shape index (κ1) is 21.2. The second-order valence-corrected chi connectivity index (χ2v) is 7.61. The lowest BCUT2D eigenvalue weighted by Crippen LogP contribution is -2.26. The molecule has 0 aliphatic carbocycles. The van der Waals surface area contributed by atoms with Crippen LogP contribution in [0, 0.1) is 0 Å². The first-order valence-corrected chi connectivity index (χ1v) is 10.3. The van der Waals surface area contributed by atoms with Gasteiger partial charge in [-0.05, 0) is 49.1 Å². The number of aryl methyl sites for hydroxylation is 1. The van der Waals surface area contributed by atoms with Crippen molar-refractivity contribution < 1.29 is 9.47 Å². The molecule has 3 nitrogen and oxygen atoms in total. The Hall–Kier alpha value is -2.49. The Balaban J connectivity index is 1.60. The molecule has 1 unspecified atom stereocenters. The van der Waals surface area contributed by atoms with Gasteiger partial charge in [0.25, 0.3) is 0 Å². The Morgan fingerprint density at radius 3 is 2.45 bits per heavy atom. The Kier molecular flexibility index (Phi) is 7.97. The van der Waals surface area contributed by atoms with E-state index in [1.54, 1.807) is 7.11 Å². The van der Waals surface area contributed by atoms with Crippen LogP contribution >= 0.6 is 11.6 Å². The van der Waals surface area contributed by atoms with Gasteiger partial charge in [0.15, 0.2) is 11.5 Å². The summed E-state index contributed by atoms with van der Waals surface area (Å²) in [4.78, 5) is 0. The number of benzene rings is 3. The number of halogens is 1. The van der Waals surface area contributed by atoms with Gasteiger partial charge in [-0.1, -0.05) is 66.2 Å². The van der Waals surface area contributed by atoms with E-state index in [4.69, 9.17) is 21.1 Å². The second kappa shape index (κ2) is 10.9. The van der Waals surface area contributed by atoms with Gasteiger partial charge in [0, 0.05) is 23.2 Å². The molecule has 29 heavy (non-hydrogen) atoms. The fourth-order valence-electron chi connectivity index (χ4n) is 3.22. The van der Waals surface area contributed by atoms with E-state index in [9.17, 15) is 0 Å². The number of ether oxygens (including phenoxy) is 2. The van der Waals surface area contributed by atoms with Crippen LogP contribution in [0.25, 0.3) is 0 Å². The van der Waals surface area contributed by atoms with Gasteiger partial charge in [-0.25, -0.2) is 0 Å². The van der Waals surface area contributed by atoms with Crippen molar-refractivity contribution in [2.45, 2.75) is 39.0 Å². The Morgan fingerprint density at radius 2 is 1.69 bits per heavy atom. The summed E-state index contributed by atoms with van der Waals surface area (Å²) in [5.74, 6) is 1.51. The molecule has 3 aromatic carbocycles. The summed E-state index contributed by atoms with van der Waals surface area (Å²) in [6.07, 6.45) is 2.14. The topological polar surface area (TPSA) is 30.5 Å². The maximum absolute atomic E-state index is 6.14. The number of rotatable bonds is 10. The number of methoxy groups -OCH3 is 1. The number of hydrogen-bond donors (Lipinski definition) is 1. The predicted molar refractivity (Wildman–Crippen MR) is 120 cm³/mol. The second-order valence-electron chi connectivity index (χ2n) is 7.17. The number of hydrogen-bond acceptors (Lipinski definition) is 3. The summed E-state index contributed by atoms with van der Waals surface area (Å²) in [6.45, 7) is 3.38. The molecule has 1 atom stereocenters. The van der Waals surface area contributed by atoms with Crippen molar-refractivity contribution in [3.8, 4) is 11.5 Å². The van der Waals surface area contributed by atoms with Crippen molar-refractivity contribution in [1.82, 2.24) is 5.32 Å². The Bertz CT molecular complexity index is 898. The van der Waals surface area contributed by atoms with Crippen molar-refractivity contribution >= 4 is 11.6 Å². The van der Waals surface area contributed by atoms with Crippen LogP contribution in [-0.4, -0.2) is 13.2 Å². The van der Waals surface area contributed by atoms with Crippen LogP contribution in [0.4, 0.5) is 0 Å². The molecule has 3 rings (SSSR count). The third-order valence-corrected chi connectivity index (χ3v) is 5.14. The van der Waals surface area contributed by atoms with E-state index in [0.717, 1.165) is 42.0 Å². The molecule has 0 saturated heterocycles. The van der Waals surface area contributed by atoms with Gasteiger partial charge in [-0.3, -0.25) is 0 Å². The summed E-state index contributed by atoms with van der Waals surface area (Å²) in [7, 11) is 1.67. The zero-order chi connectivity index (χ0) is 20.5. The van der Waals surface area contributed by atoms with Crippen LogP contribution in [-0.2, 0) is 19.6 Å². The minimum Gasteiger partial charge on any atom is -0.493 e. The lowest BCUT2D eigenvalue weighted by atomic mass is 10.1. The van der Waals surface area contributed by atoms with Crippen molar-refractivity contribution in [2.24, 2.45) is 0 Å². The molecule has 0 aromatic heterocycles. The first-order valence-electron chi connectivity index (χ1n) is 9.96. The summed E-state index contributed by atoms with van der Waals surface area (Å²) in [5.41, 5.74) is 3.48. The standard InChI is InChI=1S/C25H28ClNO2/c1-19(14-15-20-8-4-3-5-9-20)27-17-22-11-7-13-24(28-2)25(22)29-18-21-10-6-12-23(26)16-21/h3-13,16,19,27H,14-15,17-18H2,1-2H3. The zero-order valence-corrected chi connectivity index (χ0v) is 17.8. The SMILES string of the molecule is COc1cccc(CNC(C)CCc2ccccc2)c1OCc1cccc(Cl)c1. The average molecular weight is 410 g/mol. The molecule has 1 N–H and O–H groups in total. The number of para-hydroxylation sites is 1. The van der Waals surface area contributed by atoms with Gasteiger partial charge < -0.3 is 14.8 Å². The molecule has 152 valence electrons. The fraction of sp³-hybridized carbons (Fsp3) is 0.280. The Labute approximate surface area is 178 Å². The largest absolute Gasteiger partial charge is 0.493 e. The molecular formula is C25H28ClNO2. The highest BCUT2D eigenvalue weighted by Gasteiger charge is 2.12. The van der Waals surface area contributed by atoms with Gasteiger partial charge in [0.05, 0.1) is 7.11 Å². The van der Waals surface area contributed by atoms with Crippen molar-refractivity contribution in [2.75, 3.05) is 7.11 Å².